The van der Waals surface area contributed by atoms with Crippen molar-refractivity contribution in [3.63, 3.8) is 0 Å². The highest BCUT2D eigenvalue weighted by Crippen LogP contribution is 2.45. The molecule has 0 fully saturated rings. The number of fused-ring (bicyclic) bond motifs is 1. The third kappa shape index (κ3) is 2.76. The Hall–Kier alpha value is -1.70. The molecule has 4 nitrogen and oxygen atoms in total. The van der Waals surface area contributed by atoms with Gasteiger partial charge in [-0.2, -0.15) is 0 Å². The fourth-order valence-corrected chi connectivity index (χ4v) is 4.94. The number of hydrogen-bond donors (Lipinski definition) is 1. The lowest BCUT2D eigenvalue weighted by Gasteiger charge is -2.32. The van der Waals surface area contributed by atoms with E-state index in [1.807, 2.05) is 0 Å². The molecule has 0 amide bonds. The Balaban J connectivity index is 2.22. The molecule has 0 saturated carbocycles. The van der Waals surface area contributed by atoms with Gasteiger partial charge in [0.2, 0.25) is 0 Å². The van der Waals surface area contributed by atoms with E-state index in [0.29, 0.717) is 5.02 Å². The van der Waals surface area contributed by atoms with E-state index in [1.54, 1.807) is 0 Å². The maximum absolute atomic E-state index is 14.3. The molecule has 128 valence electrons. The van der Waals surface area contributed by atoms with E-state index in [9.17, 15) is 22.3 Å². The number of ether oxygens (including phenoxy) is 1. The molecule has 0 aromatic heterocycles. The Morgan fingerprint density at radius 2 is 1.75 bits per heavy atom. The van der Waals surface area contributed by atoms with Crippen molar-refractivity contribution in [3.8, 4) is 5.75 Å². The highest BCUT2D eigenvalue weighted by molar-refractivity contribution is 7.91. The average molecular weight is 375 g/mol. The fourth-order valence-electron chi connectivity index (χ4n) is 2.80. The summed E-state index contributed by atoms with van der Waals surface area (Å²) in [5.74, 6) is -3.09. The van der Waals surface area contributed by atoms with E-state index in [-0.39, 0.29) is 11.5 Å². The molecule has 0 radical (unpaired) electrons. The summed E-state index contributed by atoms with van der Waals surface area (Å²) in [7, 11) is -4.10. The van der Waals surface area contributed by atoms with Crippen molar-refractivity contribution in [1.82, 2.24) is 0 Å². The van der Waals surface area contributed by atoms with E-state index in [1.165, 1.54) is 24.3 Å². The normalized spacial score (nSPS) is 20.3. The number of rotatable bonds is 3. The van der Waals surface area contributed by atoms with E-state index < -0.39 is 50.6 Å². The van der Waals surface area contributed by atoms with Crippen LogP contribution in [0.4, 0.5) is 8.78 Å². The van der Waals surface area contributed by atoms with Crippen molar-refractivity contribution in [2.45, 2.75) is 10.1 Å². The smallest absolute Gasteiger partial charge is 0.186 e. The van der Waals surface area contributed by atoms with Gasteiger partial charge in [0, 0.05) is 10.9 Å². The molecule has 2 atom stereocenters. The zero-order valence-corrected chi connectivity index (χ0v) is 13.8. The quantitative estimate of drug-likeness (QED) is 0.896. The third-order valence-electron chi connectivity index (χ3n) is 3.96. The molecule has 2 aromatic rings. The maximum atomic E-state index is 14.3. The summed E-state index contributed by atoms with van der Waals surface area (Å²) in [5, 5.41) is 8.41. The van der Waals surface area contributed by atoms with Crippen LogP contribution in [0.15, 0.2) is 41.3 Å². The minimum Gasteiger partial charge on any atom is -0.490 e. The summed E-state index contributed by atoms with van der Waals surface area (Å²) in [4.78, 5) is -0.0909. The first kappa shape index (κ1) is 17.1. The molecule has 1 heterocycles. The molecular formula is C16H13ClF2O4S. The van der Waals surface area contributed by atoms with Gasteiger partial charge in [-0.1, -0.05) is 11.6 Å². The minimum atomic E-state index is -4.10. The van der Waals surface area contributed by atoms with E-state index in [4.69, 9.17) is 16.3 Å². The summed E-state index contributed by atoms with van der Waals surface area (Å²) < 4.78 is 59.4. The molecular weight excluding hydrogens is 362 g/mol. The molecule has 1 aliphatic heterocycles. The highest BCUT2D eigenvalue weighted by Gasteiger charge is 2.43. The zero-order chi connectivity index (χ0) is 17.5. The van der Waals surface area contributed by atoms with Crippen molar-refractivity contribution in [2.24, 2.45) is 5.92 Å². The number of aliphatic hydroxyl groups is 1. The van der Waals surface area contributed by atoms with Gasteiger partial charge in [0.1, 0.15) is 11.1 Å². The standard InChI is InChI=1S/C16H13ClF2O4S/c17-10-1-3-11(4-2-10)24(21,22)16-9(7-20)8-23-15-13(19)6-5-12(18)14(15)16/h1-6,9,16,20H,7-8H2. The first-order valence-electron chi connectivity index (χ1n) is 7.07. The van der Waals surface area contributed by atoms with Gasteiger partial charge in [-0.3, -0.25) is 0 Å². The van der Waals surface area contributed by atoms with Crippen molar-refractivity contribution < 1.29 is 27.0 Å². The molecule has 1 aliphatic rings. The van der Waals surface area contributed by atoms with Crippen LogP contribution in [-0.2, 0) is 9.84 Å². The Morgan fingerprint density at radius 1 is 1.12 bits per heavy atom. The first-order valence-corrected chi connectivity index (χ1v) is 8.99. The lowest BCUT2D eigenvalue weighted by molar-refractivity contribution is 0.135. The van der Waals surface area contributed by atoms with Crippen LogP contribution in [0.1, 0.15) is 10.8 Å². The van der Waals surface area contributed by atoms with Crippen LogP contribution in [0.25, 0.3) is 0 Å². The van der Waals surface area contributed by atoms with Crippen LogP contribution in [0, 0.1) is 17.6 Å². The molecule has 24 heavy (non-hydrogen) atoms. The van der Waals surface area contributed by atoms with E-state index in [0.717, 1.165) is 12.1 Å². The molecule has 2 aromatic carbocycles. The van der Waals surface area contributed by atoms with Gasteiger partial charge < -0.3 is 9.84 Å². The van der Waals surface area contributed by atoms with Crippen molar-refractivity contribution in [2.75, 3.05) is 13.2 Å². The SMILES string of the molecule is O=S(=O)(c1ccc(Cl)cc1)C1c2c(F)ccc(F)c2OCC1CO. The van der Waals surface area contributed by atoms with Gasteiger partial charge in [0.05, 0.1) is 23.7 Å². The van der Waals surface area contributed by atoms with E-state index >= 15 is 0 Å². The lowest BCUT2D eigenvalue weighted by Crippen LogP contribution is -2.34. The lowest BCUT2D eigenvalue weighted by atomic mass is 9.96. The van der Waals surface area contributed by atoms with Crippen LogP contribution in [0.2, 0.25) is 5.02 Å². The molecule has 2 unspecified atom stereocenters. The highest BCUT2D eigenvalue weighted by atomic mass is 35.5. The summed E-state index contributed by atoms with van der Waals surface area (Å²) in [6.07, 6.45) is 0. The Kier molecular flexibility index (Phi) is 4.50. The Morgan fingerprint density at radius 3 is 2.38 bits per heavy atom. The molecule has 0 aliphatic carbocycles. The number of halogens is 3. The molecule has 8 heteroatoms. The summed E-state index contributed by atoms with van der Waals surface area (Å²) in [6.45, 7) is -0.783. The summed E-state index contributed by atoms with van der Waals surface area (Å²) >= 11 is 5.77. The summed E-state index contributed by atoms with van der Waals surface area (Å²) in [6, 6.07) is 7.09. The summed E-state index contributed by atoms with van der Waals surface area (Å²) in [5.41, 5.74) is -0.393. The monoisotopic (exact) mass is 374 g/mol. The van der Waals surface area contributed by atoms with Gasteiger partial charge in [0.25, 0.3) is 0 Å². The van der Waals surface area contributed by atoms with Gasteiger partial charge >= 0.3 is 0 Å². The van der Waals surface area contributed by atoms with Crippen LogP contribution in [-0.4, -0.2) is 26.7 Å². The second-order valence-corrected chi connectivity index (χ2v) is 7.95. The maximum Gasteiger partial charge on any atom is 0.186 e. The van der Waals surface area contributed by atoms with Crippen LogP contribution in [0.3, 0.4) is 0 Å². The number of benzene rings is 2. The van der Waals surface area contributed by atoms with E-state index in [2.05, 4.69) is 0 Å². The topological polar surface area (TPSA) is 63.6 Å². The second-order valence-electron chi connectivity index (χ2n) is 5.45. The van der Waals surface area contributed by atoms with Gasteiger partial charge in [-0.15, -0.1) is 0 Å². The Bertz CT molecular complexity index is 868. The molecule has 3 rings (SSSR count). The molecule has 0 bridgehead atoms. The largest absolute Gasteiger partial charge is 0.490 e. The molecule has 0 spiro atoms. The van der Waals surface area contributed by atoms with Gasteiger partial charge in [-0.05, 0) is 36.4 Å². The van der Waals surface area contributed by atoms with Gasteiger partial charge in [-0.25, -0.2) is 17.2 Å². The number of hydrogen-bond acceptors (Lipinski definition) is 4. The Labute approximate surface area is 142 Å². The second kappa shape index (κ2) is 6.31. The fraction of sp³-hybridized carbons (Fsp3) is 0.250. The van der Waals surface area contributed by atoms with Crippen molar-refractivity contribution >= 4 is 21.4 Å². The predicted molar refractivity (Wildman–Crippen MR) is 83.8 cm³/mol. The van der Waals surface area contributed by atoms with Crippen LogP contribution in [0.5, 0.6) is 5.75 Å². The van der Waals surface area contributed by atoms with Crippen molar-refractivity contribution in [1.29, 1.82) is 0 Å². The zero-order valence-electron chi connectivity index (χ0n) is 12.2. The number of sulfone groups is 1. The van der Waals surface area contributed by atoms with Crippen LogP contribution >= 0.6 is 11.6 Å². The van der Waals surface area contributed by atoms with Gasteiger partial charge in [0.15, 0.2) is 21.4 Å². The third-order valence-corrected chi connectivity index (χ3v) is 6.43. The van der Waals surface area contributed by atoms with Crippen LogP contribution < -0.4 is 4.74 Å². The minimum absolute atomic E-state index is 0.0909. The first-order chi connectivity index (χ1) is 11.4. The average Bonchev–Trinajstić information content (AvgIpc) is 2.57. The number of aliphatic hydroxyl groups excluding tert-OH is 1. The molecule has 1 N–H and O–H groups in total. The van der Waals surface area contributed by atoms with Crippen molar-refractivity contribution in [3.05, 3.63) is 58.6 Å². The molecule has 0 saturated heterocycles. The predicted octanol–water partition coefficient (Wildman–Crippen LogP) is 3.13.